The van der Waals surface area contributed by atoms with Gasteiger partial charge in [0.15, 0.2) is 0 Å². The van der Waals surface area contributed by atoms with E-state index in [-0.39, 0.29) is 6.61 Å². The third-order valence-electron chi connectivity index (χ3n) is 3.51. The van der Waals surface area contributed by atoms with Gasteiger partial charge in [-0.05, 0) is 26.0 Å². The van der Waals surface area contributed by atoms with E-state index in [0.717, 1.165) is 12.0 Å². The van der Waals surface area contributed by atoms with E-state index in [1.807, 2.05) is 37.4 Å². The van der Waals surface area contributed by atoms with Crippen molar-refractivity contribution < 1.29 is 5.11 Å². The Bertz CT molecular complexity index is 328. The number of nitrogens with zero attached hydrogens (tertiary/aromatic N) is 1. The molecule has 0 aliphatic rings. The van der Waals surface area contributed by atoms with Crippen LogP contribution in [0, 0.1) is 0 Å². The Hall–Kier alpha value is -0.900. The minimum atomic E-state index is -0.681. The predicted octanol–water partition coefficient (Wildman–Crippen LogP) is 1.56. The summed E-state index contributed by atoms with van der Waals surface area (Å²) < 4.78 is 0. The highest BCUT2D eigenvalue weighted by atomic mass is 16.3. The predicted molar refractivity (Wildman–Crippen MR) is 71.8 cm³/mol. The first-order valence-electron chi connectivity index (χ1n) is 6.19. The third-order valence-corrected chi connectivity index (χ3v) is 3.51. The van der Waals surface area contributed by atoms with Crippen LogP contribution >= 0.6 is 0 Å². The van der Waals surface area contributed by atoms with E-state index in [1.165, 1.54) is 0 Å². The second-order valence-corrected chi connectivity index (χ2v) is 4.85. The van der Waals surface area contributed by atoms with Gasteiger partial charge in [0.1, 0.15) is 0 Å². The molecular weight excluding hydrogens is 212 g/mol. The van der Waals surface area contributed by atoms with Crippen LogP contribution in [-0.4, -0.2) is 36.2 Å². The van der Waals surface area contributed by atoms with E-state index in [2.05, 4.69) is 18.7 Å². The molecule has 0 saturated carbocycles. The lowest BCUT2D eigenvalue weighted by atomic mass is 9.91. The zero-order chi connectivity index (χ0) is 12.9. The molecule has 1 aromatic rings. The summed E-state index contributed by atoms with van der Waals surface area (Å²) in [6, 6.07) is 10.3. The molecule has 2 unspecified atom stereocenters. The Morgan fingerprint density at radius 2 is 1.94 bits per heavy atom. The van der Waals surface area contributed by atoms with Crippen LogP contribution in [0.5, 0.6) is 0 Å². The van der Waals surface area contributed by atoms with Gasteiger partial charge in [0.2, 0.25) is 0 Å². The molecule has 0 spiro atoms. The molecule has 0 saturated heterocycles. The van der Waals surface area contributed by atoms with Gasteiger partial charge < -0.3 is 15.7 Å². The van der Waals surface area contributed by atoms with Crippen molar-refractivity contribution in [2.24, 2.45) is 5.73 Å². The summed E-state index contributed by atoms with van der Waals surface area (Å²) in [5.41, 5.74) is 6.62. The fraction of sp³-hybridized carbons (Fsp3) is 0.571. The standard InChI is InChI=1S/C14H24N2O/c1-4-12(2)16(3)10-14(15,11-17)13-8-6-5-7-9-13/h5-9,12,17H,4,10-11,15H2,1-3H3. The average molecular weight is 236 g/mol. The second kappa shape index (κ2) is 6.15. The molecule has 96 valence electrons. The van der Waals surface area contributed by atoms with Gasteiger partial charge in [0.05, 0.1) is 12.1 Å². The molecule has 1 aromatic carbocycles. The summed E-state index contributed by atoms with van der Waals surface area (Å²) >= 11 is 0. The third kappa shape index (κ3) is 3.53. The lowest BCUT2D eigenvalue weighted by molar-refractivity contribution is 0.129. The van der Waals surface area contributed by atoms with Gasteiger partial charge in [0, 0.05) is 12.6 Å². The van der Waals surface area contributed by atoms with Crippen molar-refractivity contribution in [1.29, 1.82) is 0 Å². The quantitative estimate of drug-likeness (QED) is 0.788. The first-order chi connectivity index (χ1) is 8.03. The maximum absolute atomic E-state index is 9.59. The Morgan fingerprint density at radius 1 is 1.35 bits per heavy atom. The topological polar surface area (TPSA) is 49.5 Å². The van der Waals surface area contributed by atoms with Crippen LogP contribution in [0.25, 0.3) is 0 Å². The van der Waals surface area contributed by atoms with Gasteiger partial charge in [-0.2, -0.15) is 0 Å². The Kier molecular flexibility index (Phi) is 5.12. The number of rotatable bonds is 6. The maximum atomic E-state index is 9.59. The summed E-state index contributed by atoms with van der Waals surface area (Å²) in [4.78, 5) is 2.20. The average Bonchev–Trinajstić information content (AvgIpc) is 2.38. The van der Waals surface area contributed by atoms with Gasteiger partial charge in [-0.1, -0.05) is 37.3 Å². The number of aliphatic hydroxyl groups is 1. The van der Waals surface area contributed by atoms with E-state index in [4.69, 9.17) is 5.73 Å². The normalized spacial score (nSPS) is 16.8. The molecule has 1 rings (SSSR count). The van der Waals surface area contributed by atoms with Crippen molar-refractivity contribution in [3.05, 3.63) is 35.9 Å². The van der Waals surface area contributed by atoms with Crippen LogP contribution in [0.2, 0.25) is 0 Å². The monoisotopic (exact) mass is 236 g/mol. The summed E-state index contributed by atoms with van der Waals surface area (Å²) in [5, 5.41) is 9.59. The van der Waals surface area contributed by atoms with Crippen molar-refractivity contribution >= 4 is 0 Å². The lowest BCUT2D eigenvalue weighted by Crippen LogP contribution is -2.51. The summed E-state index contributed by atoms with van der Waals surface area (Å²) in [5.74, 6) is 0. The van der Waals surface area contributed by atoms with Crippen molar-refractivity contribution in [2.75, 3.05) is 20.2 Å². The number of benzene rings is 1. The molecule has 0 bridgehead atoms. The molecule has 2 atom stereocenters. The smallest absolute Gasteiger partial charge is 0.0772 e. The summed E-state index contributed by atoms with van der Waals surface area (Å²) in [7, 11) is 2.05. The van der Waals surface area contributed by atoms with Gasteiger partial charge in [-0.15, -0.1) is 0 Å². The molecular formula is C14H24N2O. The highest BCUT2D eigenvalue weighted by Gasteiger charge is 2.29. The molecule has 0 aromatic heterocycles. The van der Waals surface area contributed by atoms with Crippen LogP contribution in [0.1, 0.15) is 25.8 Å². The molecule has 0 fully saturated rings. The van der Waals surface area contributed by atoms with Gasteiger partial charge in [0.25, 0.3) is 0 Å². The van der Waals surface area contributed by atoms with Gasteiger partial charge in [-0.3, -0.25) is 0 Å². The highest BCUT2D eigenvalue weighted by molar-refractivity contribution is 5.24. The van der Waals surface area contributed by atoms with Gasteiger partial charge >= 0.3 is 0 Å². The second-order valence-electron chi connectivity index (χ2n) is 4.85. The first-order valence-corrected chi connectivity index (χ1v) is 6.19. The Labute approximate surface area is 104 Å². The summed E-state index contributed by atoms with van der Waals surface area (Å²) in [6.45, 7) is 4.93. The number of nitrogens with two attached hydrogens (primary N) is 1. The molecule has 0 aliphatic heterocycles. The fourth-order valence-electron chi connectivity index (χ4n) is 1.92. The van der Waals surface area contributed by atoms with Crippen molar-refractivity contribution in [1.82, 2.24) is 4.90 Å². The lowest BCUT2D eigenvalue weighted by Gasteiger charge is -2.35. The Morgan fingerprint density at radius 3 is 2.41 bits per heavy atom. The van der Waals surface area contributed by atoms with E-state index >= 15 is 0 Å². The molecule has 3 heteroatoms. The minimum Gasteiger partial charge on any atom is -0.394 e. The molecule has 17 heavy (non-hydrogen) atoms. The van der Waals surface area contributed by atoms with Crippen LogP contribution in [-0.2, 0) is 5.54 Å². The molecule has 0 radical (unpaired) electrons. The summed E-state index contributed by atoms with van der Waals surface area (Å²) in [6.07, 6.45) is 1.08. The molecule has 3 N–H and O–H groups in total. The van der Waals surface area contributed by atoms with Crippen LogP contribution < -0.4 is 5.73 Å². The fourth-order valence-corrected chi connectivity index (χ4v) is 1.92. The zero-order valence-electron chi connectivity index (χ0n) is 11.1. The molecule has 3 nitrogen and oxygen atoms in total. The van der Waals surface area contributed by atoms with Gasteiger partial charge in [-0.25, -0.2) is 0 Å². The molecule has 0 amide bonds. The van der Waals surface area contributed by atoms with Crippen LogP contribution in [0.3, 0.4) is 0 Å². The number of aliphatic hydroxyl groups excluding tert-OH is 1. The highest BCUT2D eigenvalue weighted by Crippen LogP contribution is 2.19. The van der Waals surface area contributed by atoms with E-state index in [1.54, 1.807) is 0 Å². The van der Waals surface area contributed by atoms with Crippen molar-refractivity contribution in [3.63, 3.8) is 0 Å². The van der Waals surface area contributed by atoms with E-state index in [0.29, 0.717) is 12.6 Å². The zero-order valence-corrected chi connectivity index (χ0v) is 11.1. The maximum Gasteiger partial charge on any atom is 0.0772 e. The van der Waals surface area contributed by atoms with Crippen molar-refractivity contribution in [2.45, 2.75) is 31.8 Å². The van der Waals surface area contributed by atoms with Crippen LogP contribution in [0.4, 0.5) is 0 Å². The number of hydrogen-bond donors (Lipinski definition) is 2. The minimum absolute atomic E-state index is 0.0439. The number of likely N-dealkylation sites (N-methyl/N-ethyl adjacent to an activating group) is 1. The SMILES string of the molecule is CCC(C)N(C)CC(N)(CO)c1ccccc1. The molecule has 0 aliphatic carbocycles. The molecule has 0 heterocycles. The van der Waals surface area contributed by atoms with E-state index < -0.39 is 5.54 Å². The van der Waals surface area contributed by atoms with Crippen molar-refractivity contribution in [3.8, 4) is 0 Å². The first kappa shape index (κ1) is 14.2. The Balaban J connectivity index is 2.83. The van der Waals surface area contributed by atoms with E-state index in [9.17, 15) is 5.11 Å². The number of hydrogen-bond acceptors (Lipinski definition) is 3. The van der Waals surface area contributed by atoms with Crippen LogP contribution in [0.15, 0.2) is 30.3 Å². The largest absolute Gasteiger partial charge is 0.394 e.